The second-order valence-electron chi connectivity index (χ2n) is 10.7. The van der Waals surface area contributed by atoms with Crippen LogP contribution in [0.5, 0.6) is 11.5 Å². The third-order valence-corrected chi connectivity index (χ3v) is 8.23. The van der Waals surface area contributed by atoms with E-state index in [0.717, 1.165) is 4.68 Å². The molecule has 2 aromatic carbocycles. The topological polar surface area (TPSA) is 149 Å². The molecule has 1 aliphatic heterocycles. The van der Waals surface area contributed by atoms with E-state index in [1.807, 2.05) is 0 Å². The number of ether oxygens (including phenoxy) is 2. The molecule has 0 bridgehead atoms. The number of aryl methyl sites for hydroxylation is 1. The Morgan fingerprint density at radius 2 is 1.86 bits per heavy atom. The van der Waals surface area contributed by atoms with Crippen LogP contribution in [0.2, 0.25) is 0 Å². The molecule has 2 aromatic heterocycles. The van der Waals surface area contributed by atoms with Crippen molar-refractivity contribution in [1.29, 1.82) is 0 Å². The largest absolute Gasteiger partial charge is 0.586 e. The first-order chi connectivity index (χ1) is 19.6. The van der Waals surface area contributed by atoms with Crippen molar-refractivity contribution < 1.29 is 31.5 Å². The summed E-state index contributed by atoms with van der Waals surface area (Å²) in [4.78, 5) is 35.0. The highest BCUT2D eigenvalue weighted by atomic mass is 32.2. The zero-order valence-corrected chi connectivity index (χ0v) is 24.2. The number of alkyl halides is 2. The number of likely N-dealkylation sites (N-methyl/N-ethyl adjacent to an activating group) is 1. The van der Waals surface area contributed by atoms with Gasteiger partial charge in [0.25, 0.3) is 5.56 Å². The van der Waals surface area contributed by atoms with Crippen LogP contribution < -0.4 is 24.7 Å². The zero-order valence-electron chi connectivity index (χ0n) is 23.4. The first-order valence-corrected chi connectivity index (χ1v) is 14.4. The number of carbonyl (C=O) groups excluding carboxylic acids is 1. The number of amides is 1. The lowest BCUT2D eigenvalue weighted by Gasteiger charge is -2.22. The van der Waals surface area contributed by atoms with Crippen molar-refractivity contribution in [1.82, 2.24) is 24.5 Å². The number of anilines is 1. The Morgan fingerprint density at radius 1 is 1.14 bits per heavy atom. The predicted molar refractivity (Wildman–Crippen MR) is 149 cm³/mol. The first kappa shape index (κ1) is 29.1. The Bertz CT molecular complexity index is 1880. The molecule has 0 aliphatic carbocycles. The molecule has 0 unspecified atom stereocenters. The number of nitrogens with zero attached hydrogens (tertiary/aromatic N) is 4. The zero-order chi connectivity index (χ0) is 30.6. The summed E-state index contributed by atoms with van der Waals surface area (Å²) in [6, 6.07) is 8.58. The molecule has 3 heterocycles. The van der Waals surface area contributed by atoms with Crippen LogP contribution >= 0.6 is 0 Å². The molecule has 1 aliphatic rings. The Kier molecular flexibility index (Phi) is 7.05. The lowest BCUT2D eigenvalue weighted by Crippen LogP contribution is -2.40. The van der Waals surface area contributed by atoms with E-state index in [0.29, 0.717) is 16.6 Å². The molecular weight excluding hydrogens is 574 g/mol. The molecule has 42 heavy (non-hydrogen) atoms. The predicted octanol–water partition coefficient (Wildman–Crippen LogP) is 3.55. The molecule has 5 rings (SSSR count). The van der Waals surface area contributed by atoms with Crippen molar-refractivity contribution in [2.45, 2.75) is 57.9 Å². The monoisotopic (exact) mass is 602 g/mol. The van der Waals surface area contributed by atoms with Gasteiger partial charge in [-0.15, -0.1) is 8.78 Å². The van der Waals surface area contributed by atoms with Gasteiger partial charge in [-0.3, -0.25) is 9.59 Å². The van der Waals surface area contributed by atoms with Gasteiger partial charge in [0, 0.05) is 29.4 Å². The average Bonchev–Trinajstić information content (AvgIpc) is 3.47. The lowest BCUT2D eigenvalue weighted by atomic mass is 10.1. The molecule has 12 nitrogen and oxygen atoms in total. The highest BCUT2D eigenvalue weighted by Crippen LogP contribution is 2.43. The third kappa shape index (κ3) is 5.56. The summed E-state index contributed by atoms with van der Waals surface area (Å²) in [5.41, 5.74) is 0.496. The van der Waals surface area contributed by atoms with Crippen LogP contribution in [0.3, 0.4) is 0 Å². The molecular formula is C27H28F2N6O6S. The lowest BCUT2D eigenvalue weighted by molar-refractivity contribution is -0.286. The number of H-pyrrole nitrogens is 1. The number of carbonyl (C=O) groups is 1. The van der Waals surface area contributed by atoms with Crippen LogP contribution in [0.4, 0.5) is 14.5 Å². The number of halogens is 2. The number of hydrogen-bond acceptors (Lipinski definition) is 8. The molecule has 0 saturated heterocycles. The minimum absolute atomic E-state index is 0.0323. The SMILES string of the molecule is CCN(C(=O)Cn1nc(-c2ccc(S(=O)(=O)NC(C)(C)C)c(C)c2)c2[nH]cnc2c1=O)c1ccc2c(c1)OC(F)(F)O2. The summed E-state index contributed by atoms with van der Waals surface area (Å²) >= 11 is 0. The molecule has 0 radical (unpaired) electrons. The van der Waals surface area contributed by atoms with Crippen LogP contribution in [0, 0.1) is 6.92 Å². The van der Waals surface area contributed by atoms with Crippen molar-refractivity contribution in [2.24, 2.45) is 0 Å². The summed E-state index contributed by atoms with van der Waals surface area (Å²) in [5.74, 6) is -0.940. The van der Waals surface area contributed by atoms with Gasteiger partial charge in [0.2, 0.25) is 15.9 Å². The molecule has 2 N–H and O–H groups in total. The van der Waals surface area contributed by atoms with Gasteiger partial charge in [0.05, 0.1) is 16.7 Å². The van der Waals surface area contributed by atoms with Crippen molar-refractivity contribution in [3.05, 3.63) is 58.6 Å². The number of benzene rings is 2. The van der Waals surface area contributed by atoms with E-state index >= 15 is 0 Å². The van der Waals surface area contributed by atoms with Crippen molar-refractivity contribution in [2.75, 3.05) is 11.4 Å². The molecule has 1 amide bonds. The Morgan fingerprint density at radius 3 is 2.52 bits per heavy atom. The maximum Gasteiger partial charge on any atom is 0.586 e. The van der Waals surface area contributed by atoms with Gasteiger partial charge in [-0.2, -0.15) is 5.10 Å². The number of imidazole rings is 1. The summed E-state index contributed by atoms with van der Waals surface area (Å²) in [5, 5.41) is 4.44. The third-order valence-electron chi connectivity index (χ3n) is 6.31. The standard InChI is InChI=1S/C27H28F2N6O6S/c1-6-34(17-8-9-18-19(12-17)41-27(28,29)40-18)21(36)13-35-25(37)24-23(30-14-31-24)22(32-35)16-7-10-20(15(2)11-16)42(38,39)33-26(3,4)5/h7-12,14,33H,6,13H2,1-5H3,(H,30,31). The Hall–Kier alpha value is -4.37. The van der Waals surface area contributed by atoms with Gasteiger partial charge < -0.3 is 19.4 Å². The second kappa shape index (κ2) is 10.2. The van der Waals surface area contributed by atoms with Crippen LogP contribution in [0.1, 0.15) is 33.3 Å². The smallest absolute Gasteiger partial charge is 0.395 e. The summed E-state index contributed by atoms with van der Waals surface area (Å²) in [6.45, 7) is 8.20. The van der Waals surface area contributed by atoms with Crippen LogP contribution in [0.25, 0.3) is 22.3 Å². The molecule has 4 aromatic rings. The van der Waals surface area contributed by atoms with Crippen LogP contribution in [-0.2, 0) is 21.4 Å². The first-order valence-electron chi connectivity index (χ1n) is 12.9. The highest BCUT2D eigenvalue weighted by Gasteiger charge is 2.43. The van der Waals surface area contributed by atoms with E-state index in [-0.39, 0.29) is 39.8 Å². The minimum atomic E-state index is -3.81. The minimum Gasteiger partial charge on any atom is -0.395 e. The van der Waals surface area contributed by atoms with Gasteiger partial charge in [-0.05, 0) is 64.4 Å². The van der Waals surface area contributed by atoms with Gasteiger partial charge >= 0.3 is 6.29 Å². The van der Waals surface area contributed by atoms with E-state index in [1.54, 1.807) is 46.8 Å². The molecule has 0 fully saturated rings. The summed E-state index contributed by atoms with van der Waals surface area (Å²) < 4.78 is 65.3. The van der Waals surface area contributed by atoms with Gasteiger partial charge in [0.15, 0.2) is 17.0 Å². The van der Waals surface area contributed by atoms with E-state index in [9.17, 15) is 26.8 Å². The van der Waals surface area contributed by atoms with Crippen molar-refractivity contribution >= 4 is 32.7 Å². The quantitative estimate of drug-likeness (QED) is 0.326. The number of hydrogen-bond donors (Lipinski definition) is 2. The maximum absolute atomic E-state index is 13.5. The van der Waals surface area contributed by atoms with Crippen LogP contribution in [0.15, 0.2) is 52.4 Å². The number of nitrogens with one attached hydrogen (secondary N) is 2. The number of aromatic amines is 1. The normalized spacial score (nSPS) is 14.4. The van der Waals surface area contributed by atoms with Gasteiger partial charge in [0.1, 0.15) is 12.2 Å². The number of aromatic nitrogens is 4. The fraction of sp³-hybridized carbons (Fsp3) is 0.333. The molecule has 0 atom stereocenters. The Balaban J connectivity index is 1.49. The molecule has 222 valence electrons. The summed E-state index contributed by atoms with van der Waals surface area (Å²) in [7, 11) is -3.81. The Labute approximate surface area is 239 Å². The number of fused-ring (bicyclic) bond motifs is 2. The van der Waals surface area contributed by atoms with E-state index < -0.39 is 39.9 Å². The van der Waals surface area contributed by atoms with Crippen molar-refractivity contribution in [3.8, 4) is 22.8 Å². The molecule has 0 saturated carbocycles. The molecule has 0 spiro atoms. The van der Waals surface area contributed by atoms with E-state index in [4.69, 9.17) is 0 Å². The van der Waals surface area contributed by atoms with Gasteiger partial charge in [-0.1, -0.05) is 6.07 Å². The average molecular weight is 603 g/mol. The van der Waals surface area contributed by atoms with E-state index in [1.165, 1.54) is 35.5 Å². The fourth-order valence-corrected chi connectivity index (χ4v) is 6.31. The van der Waals surface area contributed by atoms with Crippen molar-refractivity contribution in [3.63, 3.8) is 0 Å². The number of sulfonamides is 1. The van der Waals surface area contributed by atoms with E-state index in [2.05, 4.69) is 29.3 Å². The second-order valence-corrected chi connectivity index (χ2v) is 12.4. The fourth-order valence-electron chi connectivity index (χ4n) is 4.66. The highest BCUT2D eigenvalue weighted by molar-refractivity contribution is 7.89. The molecule has 15 heteroatoms. The maximum atomic E-state index is 13.5. The summed E-state index contributed by atoms with van der Waals surface area (Å²) in [6.07, 6.45) is -2.48. The van der Waals surface area contributed by atoms with Crippen LogP contribution in [-0.4, -0.2) is 52.5 Å². The van der Waals surface area contributed by atoms with Gasteiger partial charge in [-0.25, -0.2) is 22.8 Å². The number of rotatable bonds is 7.